The fourth-order valence-corrected chi connectivity index (χ4v) is 23.3. The average Bonchev–Trinajstić information content (AvgIpc) is 1.62. The molecular formula is C108H64N4OS4. The van der Waals surface area contributed by atoms with Crippen molar-refractivity contribution in [2.75, 3.05) is 0 Å². The van der Waals surface area contributed by atoms with Crippen molar-refractivity contribution < 1.29 is 4.42 Å². The molecule has 0 aliphatic carbocycles. The van der Waals surface area contributed by atoms with Gasteiger partial charge in [-0.1, -0.05) is 224 Å². The minimum absolute atomic E-state index is 0.925. The van der Waals surface area contributed by atoms with E-state index in [0.717, 1.165) is 21.9 Å². The van der Waals surface area contributed by atoms with Gasteiger partial charge in [0.1, 0.15) is 11.2 Å². The number of rotatable bonds is 6. The van der Waals surface area contributed by atoms with Crippen molar-refractivity contribution in [3.8, 4) is 45.0 Å². The monoisotopic (exact) mass is 1560 g/mol. The van der Waals surface area contributed by atoms with E-state index < -0.39 is 0 Å². The van der Waals surface area contributed by atoms with Crippen LogP contribution >= 0.6 is 45.3 Å². The summed E-state index contributed by atoms with van der Waals surface area (Å²) < 4.78 is 26.4. The molecule has 27 aromatic rings. The molecule has 0 aliphatic rings. The largest absolute Gasteiger partial charge is 0.456 e. The minimum atomic E-state index is 0.925. The summed E-state index contributed by atoms with van der Waals surface area (Å²) in [6, 6.07) is 142. The molecule has 0 fully saturated rings. The fourth-order valence-electron chi connectivity index (χ4n) is 18.8. The van der Waals surface area contributed by atoms with Crippen LogP contribution in [0, 0.1) is 0 Å². The van der Waals surface area contributed by atoms with Gasteiger partial charge in [-0.25, -0.2) is 0 Å². The average molecular weight is 1560 g/mol. The molecule has 0 bridgehead atoms. The summed E-state index contributed by atoms with van der Waals surface area (Å²) >= 11 is 7.48. The zero-order valence-corrected chi connectivity index (χ0v) is 66.0. The second-order valence-electron chi connectivity index (χ2n) is 30.5. The molecule has 0 unspecified atom stereocenters. The first-order chi connectivity index (χ1) is 58.0. The molecule has 117 heavy (non-hydrogen) atoms. The summed E-state index contributed by atoms with van der Waals surface area (Å²) in [7, 11) is 0. The van der Waals surface area contributed by atoms with Crippen LogP contribution in [0.1, 0.15) is 0 Å². The van der Waals surface area contributed by atoms with E-state index in [2.05, 4.69) is 394 Å². The molecule has 0 radical (unpaired) electrons. The van der Waals surface area contributed by atoms with Gasteiger partial charge < -0.3 is 22.7 Å². The maximum absolute atomic E-state index is 6.07. The van der Waals surface area contributed by atoms with Gasteiger partial charge in [-0.3, -0.25) is 0 Å². The molecule has 18 aromatic carbocycles. The third-order valence-corrected chi connectivity index (χ3v) is 28.7. The van der Waals surface area contributed by atoms with Crippen molar-refractivity contribution in [2.45, 2.75) is 0 Å². The van der Waals surface area contributed by atoms with Gasteiger partial charge >= 0.3 is 0 Å². The maximum atomic E-state index is 6.07. The van der Waals surface area contributed by atoms with Gasteiger partial charge in [0.15, 0.2) is 0 Å². The zero-order chi connectivity index (χ0) is 76.5. The SMILES string of the molecule is c1ccc2c(c1)oc1ccc(-c3ccc4c(c3)c3ccccc3n4-c3ccc4c(c3)sc3ccccc34)cc12.c1ccc2c(c1)sc1cc(-n3c4ccccc4c4cc(-c5ccc6sc7ccccc7c6c5)ccc43)ccc12.c1ccc2c(c1)sc1cc(-n3c4ccccc4c4cc(-n5c6ccccc6c6ccccc65)ccc43)ccc12. The molecule has 546 valence electrons. The summed E-state index contributed by atoms with van der Waals surface area (Å²) in [6.07, 6.45) is 0. The van der Waals surface area contributed by atoms with Crippen LogP contribution in [0.4, 0.5) is 0 Å². The molecule has 9 heterocycles. The predicted molar refractivity (Wildman–Crippen MR) is 506 cm³/mol. The number of furan rings is 1. The molecule has 9 heteroatoms. The molecular weight excluding hydrogens is 1500 g/mol. The van der Waals surface area contributed by atoms with Crippen molar-refractivity contribution in [1.29, 1.82) is 0 Å². The molecule has 9 aromatic heterocycles. The number of thiophene rings is 4. The minimum Gasteiger partial charge on any atom is -0.456 e. The van der Waals surface area contributed by atoms with Crippen LogP contribution in [-0.2, 0) is 0 Å². The van der Waals surface area contributed by atoms with Crippen LogP contribution in [0.5, 0.6) is 0 Å². The Kier molecular flexibility index (Phi) is 14.8. The second kappa shape index (κ2) is 26.2. The van der Waals surface area contributed by atoms with Crippen molar-refractivity contribution in [3.05, 3.63) is 388 Å². The van der Waals surface area contributed by atoms with Gasteiger partial charge in [0, 0.05) is 157 Å². The van der Waals surface area contributed by atoms with Gasteiger partial charge in [-0.05, 0) is 186 Å². The lowest BCUT2D eigenvalue weighted by atomic mass is 10.0. The molecule has 0 aliphatic heterocycles. The summed E-state index contributed by atoms with van der Waals surface area (Å²) in [5.74, 6) is 0. The van der Waals surface area contributed by atoms with E-state index in [0.29, 0.717) is 0 Å². The third-order valence-electron chi connectivity index (χ3n) is 24.1. The predicted octanol–water partition coefficient (Wildman–Crippen LogP) is 32.2. The standard InChI is InChI=1S/C36H22N2S.C36H21NOS.C36H21NS2/c1-5-13-31-25(9-1)26-10-2-6-14-32(26)37(31)23-18-20-34-30(21-23)27-11-3-7-15-33(27)38(34)24-17-19-29-28-12-4-8-16-35(28)39-36(29)22-24;1-4-10-31-25(7-1)29-19-22(23-14-18-34-30(20-23)26-8-2-5-11-33(26)38-34)13-17-32(29)37(31)24-15-16-28-27-9-3-6-12-35(27)39-36(28)21-24;1-4-10-31-25(7-1)29-19-22(23-14-18-35-30(20-23)27-9-3-6-12-34(27)38-35)13-17-32(29)37(31)24-15-16-28-26-8-2-5-11-33(26)39-36(28)21-24/h1-22H;2*1-21H. The van der Waals surface area contributed by atoms with E-state index in [1.165, 1.54) is 213 Å². The number of hydrogen-bond acceptors (Lipinski definition) is 5. The van der Waals surface area contributed by atoms with Crippen molar-refractivity contribution in [1.82, 2.24) is 18.3 Å². The van der Waals surface area contributed by atoms with E-state index in [1.807, 2.05) is 57.5 Å². The molecule has 0 amide bonds. The lowest BCUT2D eigenvalue weighted by molar-refractivity contribution is 0.669. The topological polar surface area (TPSA) is 32.9 Å². The smallest absolute Gasteiger partial charge is 0.135 e. The molecule has 0 saturated carbocycles. The number of aromatic nitrogens is 4. The van der Waals surface area contributed by atoms with E-state index in [-0.39, 0.29) is 0 Å². The zero-order valence-electron chi connectivity index (χ0n) is 62.8. The molecule has 0 N–H and O–H groups in total. The Morgan fingerprint density at radius 1 is 0.145 bits per heavy atom. The summed E-state index contributed by atoms with van der Waals surface area (Å²) in [5, 5.41) is 23.2. The molecule has 0 spiro atoms. The summed E-state index contributed by atoms with van der Waals surface area (Å²) in [5.41, 5.74) is 21.4. The van der Waals surface area contributed by atoms with Gasteiger partial charge in [0.2, 0.25) is 0 Å². The molecule has 0 atom stereocenters. The highest BCUT2D eigenvalue weighted by molar-refractivity contribution is 7.27. The van der Waals surface area contributed by atoms with Gasteiger partial charge in [0.05, 0.1) is 44.1 Å². The van der Waals surface area contributed by atoms with Gasteiger partial charge in [-0.15, -0.1) is 45.3 Å². The molecule has 5 nitrogen and oxygen atoms in total. The van der Waals surface area contributed by atoms with Crippen LogP contribution in [-0.4, -0.2) is 18.3 Å². The van der Waals surface area contributed by atoms with Crippen LogP contribution < -0.4 is 0 Å². The van der Waals surface area contributed by atoms with Crippen LogP contribution in [0.3, 0.4) is 0 Å². The third kappa shape index (κ3) is 10.4. The Hall–Kier alpha value is -14.2. The Morgan fingerprint density at radius 3 is 0.812 bits per heavy atom. The Labute approximate surface area is 685 Å². The summed E-state index contributed by atoms with van der Waals surface area (Å²) in [6.45, 7) is 0. The Balaban J connectivity index is 0.0000000980. The highest BCUT2D eigenvalue weighted by atomic mass is 32.1. The van der Waals surface area contributed by atoms with Crippen LogP contribution in [0.15, 0.2) is 393 Å². The van der Waals surface area contributed by atoms with E-state index >= 15 is 0 Å². The Morgan fingerprint density at radius 2 is 0.393 bits per heavy atom. The number of benzene rings is 18. The lowest BCUT2D eigenvalue weighted by Gasteiger charge is -2.10. The number of para-hydroxylation sites is 6. The first-order valence-electron chi connectivity index (χ1n) is 39.7. The van der Waals surface area contributed by atoms with E-state index in [1.54, 1.807) is 0 Å². The van der Waals surface area contributed by atoms with E-state index in [4.69, 9.17) is 4.42 Å². The van der Waals surface area contributed by atoms with Crippen molar-refractivity contribution >= 4 is 235 Å². The first kappa shape index (κ1) is 66.3. The highest BCUT2D eigenvalue weighted by Crippen LogP contribution is 2.46. The first-order valence-corrected chi connectivity index (χ1v) is 42.9. The number of nitrogens with zero attached hydrogens (tertiary/aromatic N) is 4. The highest BCUT2D eigenvalue weighted by Gasteiger charge is 2.22. The lowest BCUT2D eigenvalue weighted by Crippen LogP contribution is -1.95. The number of fused-ring (bicyclic) bond motifs is 27. The summed E-state index contributed by atoms with van der Waals surface area (Å²) in [4.78, 5) is 0. The van der Waals surface area contributed by atoms with Crippen molar-refractivity contribution in [3.63, 3.8) is 0 Å². The quantitative estimate of drug-likeness (QED) is 0.163. The van der Waals surface area contributed by atoms with E-state index in [9.17, 15) is 0 Å². The maximum Gasteiger partial charge on any atom is 0.135 e. The Bertz CT molecular complexity index is 8430. The molecule has 0 saturated heterocycles. The second-order valence-corrected chi connectivity index (χ2v) is 34.9. The van der Waals surface area contributed by atoms with Gasteiger partial charge in [-0.2, -0.15) is 0 Å². The molecule has 27 rings (SSSR count). The van der Waals surface area contributed by atoms with Gasteiger partial charge in [0.25, 0.3) is 0 Å². The van der Waals surface area contributed by atoms with Crippen LogP contribution in [0.2, 0.25) is 0 Å². The van der Waals surface area contributed by atoms with Crippen LogP contribution in [0.25, 0.3) is 235 Å². The number of hydrogen-bond donors (Lipinski definition) is 0. The van der Waals surface area contributed by atoms with Crippen molar-refractivity contribution in [2.24, 2.45) is 0 Å². The normalized spacial score (nSPS) is 12.1. The fraction of sp³-hybridized carbons (Fsp3) is 0.